The van der Waals surface area contributed by atoms with Crippen molar-refractivity contribution in [3.63, 3.8) is 0 Å². The van der Waals surface area contributed by atoms with Gasteiger partial charge in [0.25, 0.3) is 0 Å². The van der Waals surface area contributed by atoms with Gasteiger partial charge in [-0.2, -0.15) is 0 Å². The maximum Gasteiger partial charge on any atom is 0.326 e. The number of amides is 2. The van der Waals surface area contributed by atoms with Gasteiger partial charge in [-0.1, -0.05) is 32.0 Å². The van der Waals surface area contributed by atoms with Crippen LogP contribution in [0.3, 0.4) is 0 Å². The zero-order valence-corrected chi connectivity index (χ0v) is 14.0. The molecule has 0 bridgehead atoms. The molecule has 0 heterocycles. The number of carbonyl (C=O) groups excluding carboxylic acids is 2. The SMILES string of the molecule is CC(=O)N[C@@H](Cc1ccccc1F)C(=O)N[C@@H](CC(C)C)C(=O)O. The summed E-state index contributed by atoms with van der Waals surface area (Å²) in [5.74, 6) is -2.68. The number of halogens is 1. The van der Waals surface area contributed by atoms with Gasteiger partial charge in [0, 0.05) is 13.3 Å². The molecule has 0 spiro atoms. The third-order valence-electron chi connectivity index (χ3n) is 3.40. The fraction of sp³-hybridized carbons (Fsp3) is 0.471. The van der Waals surface area contributed by atoms with Gasteiger partial charge < -0.3 is 15.7 Å². The Kier molecular flexibility index (Phi) is 7.35. The average molecular weight is 338 g/mol. The second kappa shape index (κ2) is 9.00. The van der Waals surface area contributed by atoms with Crippen LogP contribution in [-0.4, -0.2) is 35.0 Å². The lowest BCUT2D eigenvalue weighted by atomic mass is 10.0. The van der Waals surface area contributed by atoms with Crippen LogP contribution >= 0.6 is 0 Å². The summed E-state index contributed by atoms with van der Waals surface area (Å²) in [6, 6.07) is 3.81. The second-order valence-corrected chi connectivity index (χ2v) is 6.08. The summed E-state index contributed by atoms with van der Waals surface area (Å²) in [5.41, 5.74) is 0.266. The molecule has 6 nitrogen and oxygen atoms in total. The Balaban J connectivity index is 2.90. The molecule has 2 amide bonds. The molecule has 0 aliphatic carbocycles. The van der Waals surface area contributed by atoms with Gasteiger partial charge in [-0.05, 0) is 24.0 Å². The maximum absolute atomic E-state index is 13.8. The van der Waals surface area contributed by atoms with Crippen LogP contribution < -0.4 is 10.6 Å². The van der Waals surface area contributed by atoms with Gasteiger partial charge in [-0.25, -0.2) is 9.18 Å². The zero-order valence-electron chi connectivity index (χ0n) is 14.0. The molecule has 0 saturated heterocycles. The Labute approximate surface area is 140 Å². The number of carbonyl (C=O) groups is 3. The van der Waals surface area contributed by atoms with E-state index < -0.39 is 35.7 Å². The first-order chi connectivity index (χ1) is 11.2. The molecule has 2 atom stereocenters. The molecular weight excluding hydrogens is 315 g/mol. The number of carboxylic acids is 1. The number of benzene rings is 1. The van der Waals surface area contributed by atoms with E-state index in [1.165, 1.54) is 25.1 Å². The number of hydrogen-bond donors (Lipinski definition) is 3. The largest absolute Gasteiger partial charge is 0.480 e. The van der Waals surface area contributed by atoms with Crippen molar-refractivity contribution in [1.29, 1.82) is 0 Å². The molecular formula is C17H23FN2O4. The number of nitrogens with one attached hydrogen (secondary N) is 2. The second-order valence-electron chi connectivity index (χ2n) is 6.08. The molecule has 24 heavy (non-hydrogen) atoms. The normalized spacial score (nSPS) is 13.2. The number of aliphatic carboxylic acids is 1. The summed E-state index contributed by atoms with van der Waals surface area (Å²) < 4.78 is 13.8. The van der Waals surface area contributed by atoms with Crippen molar-refractivity contribution >= 4 is 17.8 Å². The molecule has 0 radical (unpaired) electrons. The van der Waals surface area contributed by atoms with Crippen LogP contribution in [0.25, 0.3) is 0 Å². The van der Waals surface area contributed by atoms with Gasteiger partial charge in [0.05, 0.1) is 0 Å². The predicted octanol–water partition coefficient (Wildman–Crippen LogP) is 1.49. The molecule has 1 rings (SSSR count). The monoisotopic (exact) mass is 338 g/mol. The molecule has 0 aromatic heterocycles. The molecule has 132 valence electrons. The third-order valence-corrected chi connectivity index (χ3v) is 3.40. The lowest BCUT2D eigenvalue weighted by Crippen LogP contribution is -2.52. The summed E-state index contributed by atoms with van der Waals surface area (Å²) in [5, 5.41) is 14.1. The summed E-state index contributed by atoms with van der Waals surface area (Å²) in [7, 11) is 0. The fourth-order valence-electron chi connectivity index (χ4n) is 2.30. The Morgan fingerprint density at radius 1 is 1.12 bits per heavy atom. The van der Waals surface area contributed by atoms with Crippen molar-refractivity contribution in [2.75, 3.05) is 0 Å². The molecule has 0 saturated carbocycles. The highest BCUT2D eigenvalue weighted by Crippen LogP contribution is 2.11. The molecule has 0 unspecified atom stereocenters. The lowest BCUT2D eigenvalue weighted by Gasteiger charge is -2.22. The fourth-order valence-corrected chi connectivity index (χ4v) is 2.30. The summed E-state index contributed by atoms with van der Waals surface area (Å²) in [6.07, 6.45) is 0.194. The highest BCUT2D eigenvalue weighted by molar-refractivity contribution is 5.90. The van der Waals surface area contributed by atoms with Crippen LogP contribution in [0.5, 0.6) is 0 Å². The minimum atomic E-state index is -1.15. The van der Waals surface area contributed by atoms with Crippen LogP contribution in [-0.2, 0) is 20.8 Å². The third kappa shape index (κ3) is 6.36. The summed E-state index contributed by atoms with van der Waals surface area (Å²) in [6.45, 7) is 4.92. The average Bonchev–Trinajstić information content (AvgIpc) is 2.47. The first kappa shape index (κ1) is 19.6. The molecule has 0 aliphatic rings. The van der Waals surface area contributed by atoms with E-state index in [0.717, 1.165) is 0 Å². The van der Waals surface area contributed by atoms with Crippen molar-refractivity contribution < 1.29 is 23.9 Å². The van der Waals surface area contributed by atoms with E-state index in [-0.39, 0.29) is 24.3 Å². The van der Waals surface area contributed by atoms with Crippen molar-refractivity contribution in [3.05, 3.63) is 35.6 Å². The van der Waals surface area contributed by atoms with Gasteiger partial charge in [-0.3, -0.25) is 9.59 Å². The highest BCUT2D eigenvalue weighted by Gasteiger charge is 2.27. The van der Waals surface area contributed by atoms with Crippen molar-refractivity contribution in [2.45, 2.75) is 45.7 Å². The van der Waals surface area contributed by atoms with Crippen molar-refractivity contribution in [2.24, 2.45) is 5.92 Å². The summed E-state index contributed by atoms with van der Waals surface area (Å²) in [4.78, 5) is 35.0. The standard InChI is InChI=1S/C17H23FN2O4/c1-10(2)8-15(17(23)24)20-16(22)14(19-11(3)21)9-12-6-4-5-7-13(12)18/h4-7,10,14-15H,8-9H2,1-3H3,(H,19,21)(H,20,22)(H,23,24)/t14-,15-/m0/s1. The van der Waals surface area contributed by atoms with Gasteiger partial charge in [0.15, 0.2) is 0 Å². The van der Waals surface area contributed by atoms with Gasteiger partial charge in [0.2, 0.25) is 11.8 Å². The van der Waals surface area contributed by atoms with Gasteiger partial charge in [0.1, 0.15) is 17.9 Å². The van der Waals surface area contributed by atoms with Gasteiger partial charge in [-0.15, -0.1) is 0 Å². The van der Waals surface area contributed by atoms with Crippen LogP contribution in [0.4, 0.5) is 4.39 Å². The quantitative estimate of drug-likeness (QED) is 0.669. The number of rotatable bonds is 8. The van der Waals surface area contributed by atoms with E-state index in [1.54, 1.807) is 6.07 Å². The van der Waals surface area contributed by atoms with Crippen LogP contribution in [0.2, 0.25) is 0 Å². The van der Waals surface area contributed by atoms with E-state index in [9.17, 15) is 23.9 Å². The molecule has 7 heteroatoms. The Hall–Kier alpha value is -2.44. The Bertz CT molecular complexity index is 604. The minimum absolute atomic E-state index is 0.0634. The molecule has 0 fully saturated rings. The molecule has 0 aliphatic heterocycles. The summed E-state index contributed by atoms with van der Waals surface area (Å²) >= 11 is 0. The first-order valence-corrected chi connectivity index (χ1v) is 7.74. The van der Waals surface area contributed by atoms with Gasteiger partial charge >= 0.3 is 5.97 Å². The lowest BCUT2D eigenvalue weighted by molar-refractivity contribution is -0.142. The van der Waals surface area contributed by atoms with E-state index in [1.807, 2.05) is 13.8 Å². The highest BCUT2D eigenvalue weighted by atomic mass is 19.1. The van der Waals surface area contributed by atoms with E-state index in [0.29, 0.717) is 0 Å². The minimum Gasteiger partial charge on any atom is -0.480 e. The van der Waals surface area contributed by atoms with Crippen molar-refractivity contribution in [1.82, 2.24) is 10.6 Å². The Morgan fingerprint density at radius 3 is 2.25 bits per heavy atom. The van der Waals surface area contributed by atoms with Crippen LogP contribution in [0.1, 0.15) is 32.8 Å². The topological polar surface area (TPSA) is 95.5 Å². The van der Waals surface area contributed by atoms with E-state index in [2.05, 4.69) is 10.6 Å². The van der Waals surface area contributed by atoms with E-state index in [4.69, 9.17) is 0 Å². The zero-order chi connectivity index (χ0) is 18.3. The predicted molar refractivity (Wildman–Crippen MR) is 86.7 cm³/mol. The van der Waals surface area contributed by atoms with Crippen LogP contribution in [0, 0.1) is 11.7 Å². The number of carboxylic acid groups (broad SMARTS) is 1. The molecule has 1 aromatic rings. The smallest absolute Gasteiger partial charge is 0.326 e. The first-order valence-electron chi connectivity index (χ1n) is 7.74. The van der Waals surface area contributed by atoms with Crippen LogP contribution in [0.15, 0.2) is 24.3 Å². The Morgan fingerprint density at radius 2 is 1.75 bits per heavy atom. The van der Waals surface area contributed by atoms with E-state index >= 15 is 0 Å². The van der Waals surface area contributed by atoms with Crippen molar-refractivity contribution in [3.8, 4) is 0 Å². The maximum atomic E-state index is 13.8. The number of hydrogen-bond acceptors (Lipinski definition) is 3. The molecule has 1 aromatic carbocycles. The molecule has 3 N–H and O–H groups in total.